The Labute approximate surface area is 101 Å². The maximum atomic E-state index is 11.9. The predicted molar refractivity (Wildman–Crippen MR) is 65.0 cm³/mol. The van der Waals surface area contributed by atoms with Crippen molar-refractivity contribution >= 4 is 17.7 Å². The van der Waals surface area contributed by atoms with E-state index in [1.165, 1.54) is 25.0 Å². The number of hydrogen-bond donors (Lipinski definition) is 1. The SMILES string of the molecule is N#CC1(C(=O)NCC2CCCCS2)CCC1. The van der Waals surface area contributed by atoms with Gasteiger partial charge >= 0.3 is 0 Å². The number of carbonyl (C=O) groups is 1. The molecule has 4 heteroatoms. The van der Waals surface area contributed by atoms with Gasteiger partial charge in [0.05, 0.1) is 6.07 Å². The number of nitrogens with one attached hydrogen (secondary N) is 1. The molecule has 1 aliphatic heterocycles. The summed E-state index contributed by atoms with van der Waals surface area (Å²) < 4.78 is 0. The minimum atomic E-state index is -0.681. The molecule has 3 nitrogen and oxygen atoms in total. The lowest BCUT2D eigenvalue weighted by Crippen LogP contribution is -2.46. The highest BCUT2D eigenvalue weighted by Gasteiger charge is 2.44. The minimum Gasteiger partial charge on any atom is -0.354 e. The van der Waals surface area contributed by atoms with Gasteiger partial charge in [-0.2, -0.15) is 17.0 Å². The summed E-state index contributed by atoms with van der Waals surface area (Å²) in [5.74, 6) is 1.18. The van der Waals surface area contributed by atoms with Gasteiger partial charge in [-0.05, 0) is 37.9 Å². The summed E-state index contributed by atoms with van der Waals surface area (Å²) in [6.45, 7) is 0.743. The van der Waals surface area contributed by atoms with Gasteiger partial charge in [0.15, 0.2) is 0 Å². The molecule has 88 valence electrons. The third-order valence-electron chi connectivity index (χ3n) is 3.62. The second-order valence-corrected chi connectivity index (χ2v) is 6.15. The van der Waals surface area contributed by atoms with Gasteiger partial charge in [-0.25, -0.2) is 0 Å². The smallest absolute Gasteiger partial charge is 0.240 e. The highest BCUT2D eigenvalue weighted by atomic mass is 32.2. The largest absolute Gasteiger partial charge is 0.354 e. The van der Waals surface area contributed by atoms with Gasteiger partial charge in [0.25, 0.3) is 0 Å². The van der Waals surface area contributed by atoms with E-state index < -0.39 is 5.41 Å². The van der Waals surface area contributed by atoms with E-state index in [0.717, 1.165) is 25.8 Å². The van der Waals surface area contributed by atoms with Crippen molar-refractivity contribution in [2.45, 2.75) is 43.8 Å². The van der Waals surface area contributed by atoms with Crippen LogP contribution in [0.2, 0.25) is 0 Å². The van der Waals surface area contributed by atoms with Gasteiger partial charge in [0, 0.05) is 11.8 Å². The van der Waals surface area contributed by atoms with Crippen LogP contribution in [0.1, 0.15) is 38.5 Å². The molecule has 0 radical (unpaired) electrons. The lowest BCUT2D eigenvalue weighted by molar-refractivity contribution is -0.131. The number of nitrogens with zero attached hydrogens (tertiary/aromatic N) is 1. The number of nitriles is 1. The van der Waals surface area contributed by atoms with Crippen molar-refractivity contribution in [3.63, 3.8) is 0 Å². The van der Waals surface area contributed by atoms with E-state index in [-0.39, 0.29) is 5.91 Å². The average molecular weight is 238 g/mol. The average Bonchev–Trinajstić information content (AvgIpc) is 2.27. The van der Waals surface area contributed by atoms with E-state index in [2.05, 4.69) is 11.4 Å². The fourth-order valence-corrected chi connectivity index (χ4v) is 3.50. The van der Waals surface area contributed by atoms with Crippen LogP contribution in [0, 0.1) is 16.7 Å². The summed E-state index contributed by atoms with van der Waals surface area (Å²) in [6, 6.07) is 2.18. The molecular formula is C12H18N2OS. The van der Waals surface area contributed by atoms with Gasteiger partial charge in [0.1, 0.15) is 5.41 Å². The molecule has 1 saturated carbocycles. The molecule has 1 atom stereocenters. The van der Waals surface area contributed by atoms with E-state index in [0.29, 0.717) is 5.25 Å². The van der Waals surface area contributed by atoms with Crippen molar-refractivity contribution in [1.29, 1.82) is 5.26 Å². The van der Waals surface area contributed by atoms with Crippen molar-refractivity contribution < 1.29 is 4.79 Å². The van der Waals surface area contributed by atoms with Gasteiger partial charge in [-0.15, -0.1) is 0 Å². The first-order valence-electron chi connectivity index (χ1n) is 6.08. The minimum absolute atomic E-state index is 0.0348. The van der Waals surface area contributed by atoms with E-state index >= 15 is 0 Å². The second kappa shape index (κ2) is 5.09. The fraction of sp³-hybridized carbons (Fsp3) is 0.833. The first-order valence-corrected chi connectivity index (χ1v) is 7.13. The maximum Gasteiger partial charge on any atom is 0.240 e. The number of hydrogen-bond acceptors (Lipinski definition) is 3. The van der Waals surface area contributed by atoms with Crippen molar-refractivity contribution in [2.24, 2.45) is 5.41 Å². The lowest BCUT2D eigenvalue weighted by Gasteiger charge is -2.34. The molecule has 1 saturated heterocycles. The summed E-state index contributed by atoms with van der Waals surface area (Å²) >= 11 is 1.95. The lowest BCUT2D eigenvalue weighted by atomic mass is 9.69. The summed E-state index contributed by atoms with van der Waals surface area (Å²) in [5, 5.41) is 12.6. The highest BCUT2D eigenvalue weighted by molar-refractivity contribution is 7.99. The standard InChI is InChI=1S/C12H18N2OS/c13-9-12(5-3-6-12)11(15)14-8-10-4-1-2-7-16-10/h10H,1-8H2,(H,14,15). The molecule has 2 aliphatic rings. The number of thioether (sulfide) groups is 1. The quantitative estimate of drug-likeness (QED) is 0.819. The number of rotatable bonds is 3. The van der Waals surface area contributed by atoms with Crippen LogP contribution in [0.3, 0.4) is 0 Å². The molecule has 1 heterocycles. The summed E-state index contributed by atoms with van der Waals surface area (Å²) in [7, 11) is 0. The van der Waals surface area contributed by atoms with Crippen LogP contribution in [0.25, 0.3) is 0 Å². The summed E-state index contributed by atoms with van der Waals surface area (Å²) in [4.78, 5) is 11.9. The van der Waals surface area contributed by atoms with Crippen LogP contribution in [-0.2, 0) is 4.79 Å². The van der Waals surface area contributed by atoms with Crippen LogP contribution in [0.5, 0.6) is 0 Å². The Morgan fingerprint density at radius 2 is 2.25 bits per heavy atom. The fourth-order valence-electron chi connectivity index (χ4n) is 2.26. The summed E-state index contributed by atoms with van der Waals surface area (Å²) in [6.07, 6.45) is 6.28. The van der Waals surface area contributed by atoms with Crippen molar-refractivity contribution in [1.82, 2.24) is 5.32 Å². The van der Waals surface area contributed by atoms with Crippen LogP contribution in [-0.4, -0.2) is 23.5 Å². The van der Waals surface area contributed by atoms with E-state index in [1.807, 2.05) is 11.8 Å². The van der Waals surface area contributed by atoms with Gasteiger partial charge in [-0.3, -0.25) is 4.79 Å². The van der Waals surface area contributed by atoms with E-state index in [4.69, 9.17) is 5.26 Å². The molecular weight excluding hydrogens is 220 g/mol. The molecule has 0 aromatic heterocycles. The van der Waals surface area contributed by atoms with Gasteiger partial charge in [0.2, 0.25) is 5.91 Å². The maximum absolute atomic E-state index is 11.9. The Balaban J connectivity index is 1.77. The molecule has 0 spiro atoms. The number of carbonyl (C=O) groups excluding carboxylic acids is 1. The molecule has 0 bridgehead atoms. The van der Waals surface area contributed by atoms with Crippen molar-refractivity contribution in [2.75, 3.05) is 12.3 Å². The Bertz CT molecular complexity index is 301. The Morgan fingerprint density at radius 3 is 2.75 bits per heavy atom. The van der Waals surface area contributed by atoms with Crippen LogP contribution >= 0.6 is 11.8 Å². The zero-order valence-corrected chi connectivity index (χ0v) is 10.3. The molecule has 1 amide bonds. The van der Waals surface area contributed by atoms with Crippen molar-refractivity contribution in [3.05, 3.63) is 0 Å². The van der Waals surface area contributed by atoms with E-state index in [9.17, 15) is 4.79 Å². The molecule has 0 aromatic carbocycles. The van der Waals surface area contributed by atoms with Gasteiger partial charge in [-0.1, -0.05) is 6.42 Å². The molecule has 16 heavy (non-hydrogen) atoms. The van der Waals surface area contributed by atoms with Crippen molar-refractivity contribution in [3.8, 4) is 6.07 Å². The molecule has 1 aliphatic carbocycles. The molecule has 2 rings (SSSR count). The molecule has 0 aromatic rings. The second-order valence-electron chi connectivity index (χ2n) is 4.75. The van der Waals surface area contributed by atoms with Crippen LogP contribution < -0.4 is 5.32 Å². The first-order chi connectivity index (χ1) is 7.77. The third-order valence-corrected chi connectivity index (χ3v) is 5.02. The van der Waals surface area contributed by atoms with Gasteiger partial charge < -0.3 is 5.32 Å². The zero-order chi connectivity index (χ0) is 11.4. The Morgan fingerprint density at radius 1 is 1.44 bits per heavy atom. The topological polar surface area (TPSA) is 52.9 Å². The predicted octanol–water partition coefficient (Wildman–Crippen LogP) is 2.08. The molecule has 1 unspecified atom stereocenters. The van der Waals surface area contributed by atoms with Crippen LogP contribution in [0.4, 0.5) is 0 Å². The molecule has 1 N–H and O–H groups in total. The molecule has 2 fully saturated rings. The Hall–Kier alpha value is -0.690. The third kappa shape index (κ3) is 2.35. The van der Waals surface area contributed by atoms with Crippen LogP contribution in [0.15, 0.2) is 0 Å². The first kappa shape index (κ1) is 11.8. The number of amides is 1. The van der Waals surface area contributed by atoms with E-state index in [1.54, 1.807) is 0 Å². The monoisotopic (exact) mass is 238 g/mol. The normalized spacial score (nSPS) is 27.6. The summed E-state index contributed by atoms with van der Waals surface area (Å²) in [5.41, 5.74) is -0.681. The zero-order valence-electron chi connectivity index (χ0n) is 9.50. The highest BCUT2D eigenvalue weighted by Crippen LogP contribution is 2.40. The Kier molecular flexibility index (Phi) is 3.75.